The molecule has 2 aromatic carbocycles. The number of carbonyl (C=O) groups is 1. The van der Waals surface area contributed by atoms with Crippen LogP contribution in [0.1, 0.15) is 16.7 Å². The van der Waals surface area contributed by atoms with E-state index in [1.165, 1.54) is 0 Å². The molecule has 0 fully saturated rings. The number of benzene rings is 2. The lowest BCUT2D eigenvalue weighted by atomic mass is 10.1. The summed E-state index contributed by atoms with van der Waals surface area (Å²) in [4.78, 5) is 11.6. The second-order valence-corrected chi connectivity index (χ2v) is 5.65. The highest BCUT2D eigenvalue weighted by molar-refractivity contribution is 5.67. The first-order valence-electron chi connectivity index (χ1n) is 7.43. The predicted molar refractivity (Wildman–Crippen MR) is 89.5 cm³/mol. The minimum Gasteiger partial charge on any atom is -0.399 e. The van der Waals surface area contributed by atoms with Gasteiger partial charge in [0, 0.05) is 5.69 Å². The van der Waals surface area contributed by atoms with Crippen molar-refractivity contribution < 1.29 is 4.79 Å². The molecule has 23 heavy (non-hydrogen) atoms. The Balaban J connectivity index is 1.82. The van der Waals surface area contributed by atoms with E-state index in [1.807, 2.05) is 56.3 Å². The van der Waals surface area contributed by atoms with Crippen molar-refractivity contribution >= 4 is 17.7 Å². The smallest absolute Gasteiger partial charge is 0.198 e. The van der Waals surface area contributed by atoms with Crippen molar-refractivity contribution in [2.75, 3.05) is 10.7 Å². The summed E-state index contributed by atoms with van der Waals surface area (Å²) in [6.45, 7) is 4.44. The zero-order valence-electron chi connectivity index (χ0n) is 13.2. The van der Waals surface area contributed by atoms with E-state index in [-0.39, 0.29) is 0 Å². The van der Waals surface area contributed by atoms with E-state index in [0.717, 1.165) is 34.4 Å². The molecule has 0 saturated carbocycles. The van der Waals surface area contributed by atoms with Crippen molar-refractivity contribution in [3.63, 3.8) is 0 Å². The van der Waals surface area contributed by atoms with Gasteiger partial charge in [-0.2, -0.15) is 0 Å². The van der Waals surface area contributed by atoms with Crippen LogP contribution in [0.4, 0.5) is 11.4 Å². The zero-order chi connectivity index (χ0) is 16.4. The molecule has 0 saturated heterocycles. The van der Waals surface area contributed by atoms with E-state index < -0.39 is 6.17 Å². The van der Waals surface area contributed by atoms with Gasteiger partial charge in [0.2, 0.25) is 0 Å². The van der Waals surface area contributed by atoms with E-state index in [1.54, 1.807) is 10.0 Å². The number of carbonyl (C=O) groups excluding carboxylic acids is 1. The molecule has 1 aliphatic heterocycles. The van der Waals surface area contributed by atoms with Gasteiger partial charge in [0.25, 0.3) is 0 Å². The van der Waals surface area contributed by atoms with Gasteiger partial charge in [-0.1, -0.05) is 35.6 Å². The molecule has 1 aliphatic rings. The van der Waals surface area contributed by atoms with Crippen LogP contribution in [0.3, 0.4) is 0 Å². The average Bonchev–Trinajstić information content (AvgIpc) is 2.94. The number of para-hydroxylation sites is 1. The van der Waals surface area contributed by atoms with Crippen LogP contribution >= 0.6 is 0 Å². The fraction of sp³-hybridized carbons (Fsp3) is 0.235. The summed E-state index contributed by atoms with van der Waals surface area (Å²) < 4.78 is 0. The largest absolute Gasteiger partial charge is 0.399 e. The van der Waals surface area contributed by atoms with Gasteiger partial charge in [-0.05, 0) is 47.9 Å². The summed E-state index contributed by atoms with van der Waals surface area (Å²) in [6, 6.07) is 13.6. The number of nitrogen functional groups attached to an aromatic ring is 1. The SMILES string of the molecule is Cc1cc(CN2N=NN(c3ccccc3C)C2C=O)ccc1N. The molecule has 6 heteroatoms. The number of aldehydes is 1. The number of nitrogens with two attached hydrogens (primary N) is 1. The lowest BCUT2D eigenvalue weighted by Crippen LogP contribution is -2.39. The van der Waals surface area contributed by atoms with Crippen molar-refractivity contribution in [3.05, 3.63) is 59.2 Å². The zero-order valence-corrected chi connectivity index (χ0v) is 13.2. The molecule has 2 N–H and O–H groups in total. The number of hydrogen-bond acceptors (Lipinski definition) is 6. The van der Waals surface area contributed by atoms with E-state index in [9.17, 15) is 4.79 Å². The van der Waals surface area contributed by atoms with Crippen LogP contribution in [0.25, 0.3) is 0 Å². The Morgan fingerprint density at radius 1 is 1.13 bits per heavy atom. The Bertz CT molecular complexity index is 758. The lowest BCUT2D eigenvalue weighted by molar-refractivity contribution is -0.111. The minimum atomic E-state index is -0.547. The van der Waals surface area contributed by atoms with Crippen LogP contribution in [0.15, 0.2) is 52.9 Å². The van der Waals surface area contributed by atoms with Crippen molar-refractivity contribution in [1.82, 2.24) is 5.01 Å². The highest BCUT2D eigenvalue weighted by Gasteiger charge is 2.31. The van der Waals surface area contributed by atoms with Gasteiger partial charge < -0.3 is 5.73 Å². The molecule has 0 spiro atoms. The number of hydrogen-bond donors (Lipinski definition) is 1. The molecule has 0 aliphatic carbocycles. The normalized spacial score (nSPS) is 16.9. The summed E-state index contributed by atoms with van der Waals surface area (Å²) in [5.74, 6) is 0. The van der Waals surface area contributed by atoms with Gasteiger partial charge in [0.15, 0.2) is 12.5 Å². The maximum absolute atomic E-state index is 11.6. The highest BCUT2D eigenvalue weighted by atomic mass is 16.1. The van der Waals surface area contributed by atoms with Crippen LogP contribution in [0, 0.1) is 13.8 Å². The molecule has 3 rings (SSSR count). The van der Waals surface area contributed by atoms with Crippen LogP contribution in [0.2, 0.25) is 0 Å². The van der Waals surface area contributed by atoms with Gasteiger partial charge in [0.1, 0.15) is 0 Å². The second kappa shape index (κ2) is 6.08. The molecular weight excluding hydrogens is 290 g/mol. The molecule has 0 radical (unpaired) electrons. The minimum absolute atomic E-state index is 0.496. The lowest BCUT2D eigenvalue weighted by Gasteiger charge is -2.24. The van der Waals surface area contributed by atoms with Crippen LogP contribution in [-0.2, 0) is 11.3 Å². The van der Waals surface area contributed by atoms with Crippen LogP contribution in [-0.4, -0.2) is 17.5 Å². The average molecular weight is 309 g/mol. The molecule has 0 aromatic heterocycles. The molecule has 1 heterocycles. The molecule has 118 valence electrons. The first-order chi connectivity index (χ1) is 11.1. The van der Waals surface area contributed by atoms with E-state index in [2.05, 4.69) is 10.4 Å². The summed E-state index contributed by atoms with van der Waals surface area (Å²) in [5, 5.41) is 11.6. The van der Waals surface area contributed by atoms with Gasteiger partial charge in [0.05, 0.1) is 12.2 Å². The quantitative estimate of drug-likeness (QED) is 0.696. The first-order valence-corrected chi connectivity index (χ1v) is 7.43. The number of nitrogens with zero attached hydrogens (tertiary/aromatic N) is 4. The molecule has 1 unspecified atom stereocenters. The van der Waals surface area contributed by atoms with Crippen molar-refractivity contribution in [2.24, 2.45) is 10.4 Å². The number of anilines is 2. The van der Waals surface area contributed by atoms with Gasteiger partial charge in [-0.15, -0.1) is 0 Å². The third-order valence-electron chi connectivity index (χ3n) is 3.97. The van der Waals surface area contributed by atoms with Gasteiger partial charge in [-0.3, -0.25) is 4.79 Å². The maximum Gasteiger partial charge on any atom is 0.198 e. The van der Waals surface area contributed by atoms with E-state index in [0.29, 0.717) is 6.54 Å². The summed E-state index contributed by atoms with van der Waals surface area (Å²) in [6.07, 6.45) is 0.310. The third kappa shape index (κ3) is 2.88. The van der Waals surface area contributed by atoms with E-state index >= 15 is 0 Å². The first kappa shape index (κ1) is 15.0. The topological polar surface area (TPSA) is 74.3 Å². The standard InChI is InChI=1S/C17H19N5O/c1-12-5-3-4-6-16(12)22-17(11-23)21(19-20-22)10-14-7-8-15(18)13(2)9-14/h3-9,11,17H,10,18H2,1-2H3. The molecule has 6 nitrogen and oxygen atoms in total. The van der Waals surface area contributed by atoms with Gasteiger partial charge in [-0.25, -0.2) is 10.0 Å². The predicted octanol–water partition coefficient (Wildman–Crippen LogP) is 3.02. The Morgan fingerprint density at radius 2 is 1.91 bits per heavy atom. The summed E-state index contributed by atoms with van der Waals surface area (Å²) >= 11 is 0. The van der Waals surface area contributed by atoms with Crippen molar-refractivity contribution in [2.45, 2.75) is 26.6 Å². The molecule has 0 bridgehead atoms. The van der Waals surface area contributed by atoms with Crippen molar-refractivity contribution in [1.29, 1.82) is 0 Å². The molecule has 1 atom stereocenters. The van der Waals surface area contributed by atoms with Crippen LogP contribution < -0.4 is 10.7 Å². The summed E-state index contributed by atoms with van der Waals surface area (Å²) in [7, 11) is 0. The monoisotopic (exact) mass is 309 g/mol. The Labute approximate surface area is 135 Å². The molecule has 0 amide bonds. The Kier molecular flexibility index (Phi) is 3.97. The fourth-order valence-electron chi connectivity index (χ4n) is 2.61. The number of rotatable bonds is 4. The van der Waals surface area contributed by atoms with E-state index in [4.69, 9.17) is 5.73 Å². The molecular formula is C17H19N5O. The van der Waals surface area contributed by atoms with Gasteiger partial charge >= 0.3 is 0 Å². The Morgan fingerprint density at radius 3 is 2.61 bits per heavy atom. The second-order valence-electron chi connectivity index (χ2n) is 5.65. The Hall–Kier alpha value is -2.89. The maximum atomic E-state index is 11.6. The highest BCUT2D eigenvalue weighted by Crippen LogP contribution is 2.28. The summed E-state index contributed by atoms with van der Waals surface area (Å²) in [5.41, 5.74) is 10.6. The molecule has 2 aromatic rings. The fourth-order valence-corrected chi connectivity index (χ4v) is 2.61. The van der Waals surface area contributed by atoms with Crippen LogP contribution in [0.5, 0.6) is 0 Å². The van der Waals surface area contributed by atoms with Crippen molar-refractivity contribution in [3.8, 4) is 0 Å². The number of aryl methyl sites for hydroxylation is 2. The third-order valence-corrected chi connectivity index (χ3v) is 3.97.